The highest BCUT2D eigenvalue weighted by Gasteiger charge is 2.25. The third kappa shape index (κ3) is 3.15. The van der Waals surface area contributed by atoms with Gasteiger partial charge in [-0.1, -0.05) is 6.07 Å². The number of aryl methyl sites for hydroxylation is 1. The van der Waals surface area contributed by atoms with Crippen LogP contribution in [0.2, 0.25) is 0 Å². The molecule has 1 fully saturated rings. The van der Waals surface area contributed by atoms with E-state index in [1.807, 2.05) is 0 Å². The second-order valence-corrected chi connectivity index (χ2v) is 6.14. The summed E-state index contributed by atoms with van der Waals surface area (Å²) in [5.74, 6) is 0.976. The summed E-state index contributed by atoms with van der Waals surface area (Å²) in [5.41, 5.74) is 2.94. The minimum atomic E-state index is 0.400. The molecule has 0 amide bonds. The van der Waals surface area contributed by atoms with Gasteiger partial charge in [0.15, 0.2) is 0 Å². The molecule has 3 atom stereocenters. The number of hydrogen-bond donors (Lipinski definition) is 1. The van der Waals surface area contributed by atoms with E-state index >= 15 is 0 Å². The summed E-state index contributed by atoms with van der Waals surface area (Å²) in [7, 11) is 1.74. The van der Waals surface area contributed by atoms with E-state index in [1.165, 1.54) is 24.0 Å². The third-order valence-corrected chi connectivity index (χ3v) is 4.60. The van der Waals surface area contributed by atoms with Gasteiger partial charge in [-0.15, -0.1) is 0 Å². The fourth-order valence-corrected chi connectivity index (χ4v) is 3.49. The van der Waals surface area contributed by atoms with Crippen LogP contribution in [0, 0.1) is 0 Å². The number of methoxy groups -OCH3 is 1. The fourth-order valence-electron chi connectivity index (χ4n) is 3.49. The topological polar surface area (TPSA) is 30.5 Å². The van der Waals surface area contributed by atoms with Crippen molar-refractivity contribution in [2.75, 3.05) is 13.7 Å². The van der Waals surface area contributed by atoms with E-state index in [9.17, 15) is 0 Å². The molecule has 3 nitrogen and oxygen atoms in total. The maximum absolute atomic E-state index is 5.63. The van der Waals surface area contributed by atoms with Crippen molar-refractivity contribution >= 4 is 0 Å². The molecular formula is C17H25NO2. The summed E-state index contributed by atoms with van der Waals surface area (Å²) < 4.78 is 11.0. The predicted molar refractivity (Wildman–Crippen MR) is 80.4 cm³/mol. The molecule has 3 rings (SSSR count). The Morgan fingerprint density at radius 2 is 2.10 bits per heavy atom. The van der Waals surface area contributed by atoms with E-state index < -0.39 is 0 Å². The van der Waals surface area contributed by atoms with Gasteiger partial charge in [-0.2, -0.15) is 0 Å². The molecule has 1 saturated heterocycles. The van der Waals surface area contributed by atoms with Gasteiger partial charge in [0.2, 0.25) is 0 Å². The summed E-state index contributed by atoms with van der Waals surface area (Å²) >= 11 is 0. The Hall–Kier alpha value is -1.06. The Morgan fingerprint density at radius 1 is 1.20 bits per heavy atom. The number of benzene rings is 1. The third-order valence-electron chi connectivity index (χ3n) is 4.60. The molecule has 1 aromatic carbocycles. The molecule has 0 spiro atoms. The lowest BCUT2D eigenvalue weighted by Crippen LogP contribution is -2.45. The monoisotopic (exact) mass is 275 g/mol. The van der Waals surface area contributed by atoms with Crippen molar-refractivity contribution in [1.29, 1.82) is 0 Å². The maximum atomic E-state index is 5.63. The predicted octanol–water partition coefficient (Wildman–Crippen LogP) is 2.71. The lowest BCUT2D eigenvalue weighted by molar-refractivity contribution is 0.0109. The highest BCUT2D eigenvalue weighted by Crippen LogP contribution is 2.26. The highest BCUT2D eigenvalue weighted by molar-refractivity contribution is 5.37. The maximum Gasteiger partial charge on any atom is 0.119 e. The number of fused-ring (bicyclic) bond motifs is 1. The van der Waals surface area contributed by atoms with Crippen LogP contribution in [-0.2, 0) is 17.6 Å². The van der Waals surface area contributed by atoms with Gasteiger partial charge in [0.25, 0.3) is 0 Å². The molecule has 1 heterocycles. The molecule has 0 bridgehead atoms. The van der Waals surface area contributed by atoms with Gasteiger partial charge in [0, 0.05) is 18.7 Å². The summed E-state index contributed by atoms with van der Waals surface area (Å²) in [6.07, 6.45) is 6.23. The zero-order chi connectivity index (χ0) is 13.9. The minimum absolute atomic E-state index is 0.400. The van der Waals surface area contributed by atoms with Crippen LogP contribution < -0.4 is 10.1 Å². The van der Waals surface area contributed by atoms with Crippen molar-refractivity contribution in [2.45, 2.75) is 57.2 Å². The first-order valence-corrected chi connectivity index (χ1v) is 7.78. The summed E-state index contributed by atoms with van der Waals surface area (Å²) in [6.45, 7) is 3.07. The van der Waals surface area contributed by atoms with Gasteiger partial charge in [0.1, 0.15) is 5.75 Å². The van der Waals surface area contributed by atoms with Gasteiger partial charge in [0.05, 0.1) is 13.2 Å². The normalized spacial score (nSPS) is 29.8. The number of hydrogen-bond acceptors (Lipinski definition) is 3. The van der Waals surface area contributed by atoms with E-state index in [1.54, 1.807) is 7.11 Å². The van der Waals surface area contributed by atoms with Crippen LogP contribution in [-0.4, -0.2) is 31.9 Å². The molecule has 3 heteroatoms. The number of ether oxygens (including phenoxy) is 2. The van der Waals surface area contributed by atoms with Crippen LogP contribution in [0.25, 0.3) is 0 Å². The van der Waals surface area contributed by atoms with E-state index in [-0.39, 0.29) is 0 Å². The van der Waals surface area contributed by atoms with Crippen molar-refractivity contribution in [3.63, 3.8) is 0 Å². The Kier molecular flexibility index (Phi) is 4.27. The SMILES string of the molecule is COc1ccc2c(c1)CC(NC1CCOC(C)C1)CC2. The number of rotatable bonds is 3. The van der Waals surface area contributed by atoms with Crippen LogP contribution >= 0.6 is 0 Å². The molecule has 2 aliphatic rings. The zero-order valence-electron chi connectivity index (χ0n) is 12.5. The summed E-state index contributed by atoms with van der Waals surface area (Å²) in [5, 5.41) is 3.85. The average Bonchev–Trinajstić information content (AvgIpc) is 2.46. The van der Waals surface area contributed by atoms with E-state index in [0.29, 0.717) is 18.2 Å². The van der Waals surface area contributed by atoms with Gasteiger partial charge >= 0.3 is 0 Å². The van der Waals surface area contributed by atoms with Gasteiger partial charge in [-0.3, -0.25) is 0 Å². The van der Waals surface area contributed by atoms with Crippen LogP contribution in [0.4, 0.5) is 0 Å². The molecule has 1 aliphatic heterocycles. The van der Waals surface area contributed by atoms with Crippen molar-refractivity contribution in [3.8, 4) is 5.75 Å². The molecule has 3 unspecified atom stereocenters. The smallest absolute Gasteiger partial charge is 0.119 e. The Labute approximate surface area is 121 Å². The van der Waals surface area contributed by atoms with Crippen molar-refractivity contribution in [3.05, 3.63) is 29.3 Å². The van der Waals surface area contributed by atoms with E-state index in [0.717, 1.165) is 31.6 Å². The fraction of sp³-hybridized carbons (Fsp3) is 0.647. The van der Waals surface area contributed by atoms with Gasteiger partial charge < -0.3 is 14.8 Å². The van der Waals surface area contributed by atoms with Crippen molar-refractivity contribution < 1.29 is 9.47 Å². The van der Waals surface area contributed by atoms with Crippen LogP contribution in [0.3, 0.4) is 0 Å². The lowest BCUT2D eigenvalue weighted by atomic mass is 9.87. The van der Waals surface area contributed by atoms with Crippen molar-refractivity contribution in [1.82, 2.24) is 5.32 Å². The molecule has 1 N–H and O–H groups in total. The zero-order valence-corrected chi connectivity index (χ0v) is 12.5. The minimum Gasteiger partial charge on any atom is -0.497 e. The molecule has 0 aromatic heterocycles. The largest absolute Gasteiger partial charge is 0.497 e. The lowest BCUT2D eigenvalue weighted by Gasteiger charge is -2.34. The highest BCUT2D eigenvalue weighted by atomic mass is 16.5. The number of nitrogens with one attached hydrogen (secondary N) is 1. The second kappa shape index (κ2) is 6.15. The second-order valence-electron chi connectivity index (χ2n) is 6.14. The Bertz CT molecular complexity index is 460. The molecule has 0 radical (unpaired) electrons. The van der Waals surface area contributed by atoms with Crippen LogP contribution in [0.15, 0.2) is 18.2 Å². The first kappa shape index (κ1) is 13.9. The Balaban J connectivity index is 1.62. The molecular weight excluding hydrogens is 250 g/mol. The first-order chi connectivity index (χ1) is 9.74. The van der Waals surface area contributed by atoms with Gasteiger partial charge in [-0.25, -0.2) is 0 Å². The molecule has 1 aromatic rings. The Morgan fingerprint density at radius 3 is 2.90 bits per heavy atom. The summed E-state index contributed by atoms with van der Waals surface area (Å²) in [4.78, 5) is 0. The van der Waals surface area contributed by atoms with Crippen LogP contribution in [0.1, 0.15) is 37.3 Å². The summed E-state index contributed by atoms with van der Waals surface area (Å²) in [6, 6.07) is 7.73. The average molecular weight is 275 g/mol. The van der Waals surface area contributed by atoms with Crippen LogP contribution in [0.5, 0.6) is 5.75 Å². The quantitative estimate of drug-likeness (QED) is 0.920. The molecule has 1 aliphatic carbocycles. The van der Waals surface area contributed by atoms with E-state index in [4.69, 9.17) is 9.47 Å². The molecule has 110 valence electrons. The molecule has 20 heavy (non-hydrogen) atoms. The molecule has 0 saturated carbocycles. The standard InChI is InChI=1S/C17H25NO2/c1-12-9-16(7-8-20-12)18-15-5-3-13-4-6-17(19-2)11-14(13)10-15/h4,6,11-12,15-16,18H,3,5,7-10H2,1-2H3. The van der Waals surface area contributed by atoms with E-state index in [2.05, 4.69) is 30.4 Å². The first-order valence-electron chi connectivity index (χ1n) is 7.78. The van der Waals surface area contributed by atoms with Gasteiger partial charge in [-0.05, 0) is 62.3 Å². The van der Waals surface area contributed by atoms with Crippen molar-refractivity contribution in [2.24, 2.45) is 0 Å².